The number of anilines is 1. The summed E-state index contributed by atoms with van der Waals surface area (Å²) in [5.41, 5.74) is 11.1. The average Bonchev–Trinajstić information content (AvgIpc) is 2.76. The van der Waals surface area contributed by atoms with Gasteiger partial charge < -0.3 is 5.73 Å². The minimum Gasteiger partial charge on any atom is -0.383 e. The molecule has 1 aromatic carbocycles. The summed E-state index contributed by atoms with van der Waals surface area (Å²) in [6, 6.07) is 14.0. The highest BCUT2D eigenvalue weighted by molar-refractivity contribution is 5.88. The minimum atomic E-state index is 0.662. The van der Waals surface area contributed by atoms with E-state index >= 15 is 0 Å². The van der Waals surface area contributed by atoms with E-state index in [9.17, 15) is 0 Å². The second-order valence-corrected chi connectivity index (χ2v) is 4.73. The van der Waals surface area contributed by atoms with E-state index in [2.05, 4.69) is 10.1 Å². The first-order valence-corrected chi connectivity index (χ1v) is 6.48. The predicted molar refractivity (Wildman–Crippen MR) is 81.0 cm³/mol. The fourth-order valence-corrected chi connectivity index (χ4v) is 2.35. The summed E-state index contributed by atoms with van der Waals surface area (Å²) in [4.78, 5) is 4.34. The van der Waals surface area contributed by atoms with Crippen LogP contribution in [0.4, 0.5) is 5.82 Å². The minimum absolute atomic E-state index is 0.662. The highest BCUT2D eigenvalue weighted by Crippen LogP contribution is 2.36. The first-order valence-electron chi connectivity index (χ1n) is 6.48. The molecule has 0 spiro atoms. The number of aromatic nitrogens is 3. The third kappa shape index (κ3) is 1.95. The van der Waals surface area contributed by atoms with Crippen LogP contribution in [0.1, 0.15) is 5.69 Å². The van der Waals surface area contributed by atoms with E-state index in [1.807, 2.05) is 56.4 Å². The summed E-state index contributed by atoms with van der Waals surface area (Å²) in [5, 5.41) is 4.57. The van der Waals surface area contributed by atoms with Crippen molar-refractivity contribution in [3.05, 3.63) is 54.4 Å². The SMILES string of the molecule is Cc1ncccc1-c1nn(C)c(N)c1-c1ccccc1. The number of aryl methyl sites for hydroxylation is 2. The van der Waals surface area contributed by atoms with E-state index in [0.29, 0.717) is 5.82 Å². The number of nitrogen functional groups attached to an aromatic ring is 1. The largest absolute Gasteiger partial charge is 0.383 e. The Morgan fingerprint density at radius 1 is 1.05 bits per heavy atom. The number of benzene rings is 1. The van der Waals surface area contributed by atoms with E-state index in [0.717, 1.165) is 28.1 Å². The van der Waals surface area contributed by atoms with Crippen molar-refractivity contribution in [1.82, 2.24) is 14.8 Å². The maximum absolute atomic E-state index is 6.20. The first-order chi connectivity index (χ1) is 9.68. The molecule has 0 unspecified atom stereocenters. The van der Waals surface area contributed by atoms with Gasteiger partial charge in [0, 0.05) is 24.5 Å². The maximum atomic E-state index is 6.20. The van der Waals surface area contributed by atoms with Crippen LogP contribution in [-0.2, 0) is 7.05 Å². The summed E-state index contributed by atoms with van der Waals surface area (Å²) in [6.07, 6.45) is 1.79. The highest BCUT2D eigenvalue weighted by atomic mass is 15.3. The molecule has 3 aromatic rings. The van der Waals surface area contributed by atoms with Crippen molar-refractivity contribution in [3.63, 3.8) is 0 Å². The van der Waals surface area contributed by atoms with Crippen LogP contribution in [0.3, 0.4) is 0 Å². The predicted octanol–water partition coefficient (Wildman–Crippen LogP) is 3.04. The zero-order valence-electron chi connectivity index (χ0n) is 11.5. The van der Waals surface area contributed by atoms with Gasteiger partial charge >= 0.3 is 0 Å². The van der Waals surface area contributed by atoms with Crippen LogP contribution in [0.2, 0.25) is 0 Å². The van der Waals surface area contributed by atoms with Crippen LogP contribution in [-0.4, -0.2) is 14.8 Å². The molecule has 0 amide bonds. The summed E-state index contributed by atoms with van der Waals surface area (Å²) in [7, 11) is 1.86. The van der Waals surface area contributed by atoms with Gasteiger partial charge in [-0.2, -0.15) is 5.10 Å². The molecule has 2 aromatic heterocycles. The Morgan fingerprint density at radius 2 is 1.80 bits per heavy atom. The van der Waals surface area contributed by atoms with Gasteiger partial charge in [0.05, 0.1) is 5.56 Å². The average molecular weight is 264 g/mol. The zero-order chi connectivity index (χ0) is 14.1. The van der Waals surface area contributed by atoms with Gasteiger partial charge in [-0.25, -0.2) is 0 Å². The fraction of sp³-hybridized carbons (Fsp3) is 0.125. The third-order valence-corrected chi connectivity index (χ3v) is 3.42. The van der Waals surface area contributed by atoms with Crippen molar-refractivity contribution in [2.24, 2.45) is 7.05 Å². The Bertz CT molecular complexity index is 744. The monoisotopic (exact) mass is 264 g/mol. The second kappa shape index (κ2) is 4.81. The lowest BCUT2D eigenvalue weighted by Crippen LogP contribution is -1.97. The topological polar surface area (TPSA) is 56.7 Å². The summed E-state index contributed by atoms with van der Waals surface area (Å²) < 4.78 is 1.71. The van der Waals surface area contributed by atoms with E-state index < -0.39 is 0 Å². The quantitative estimate of drug-likeness (QED) is 0.774. The van der Waals surface area contributed by atoms with E-state index in [4.69, 9.17) is 5.73 Å². The molecule has 2 N–H and O–H groups in total. The molecule has 3 rings (SSSR count). The standard InChI is InChI=1S/C16H16N4/c1-11-13(9-6-10-18-11)15-14(16(17)20(2)19-15)12-7-4-3-5-8-12/h3-10H,17H2,1-2H3. The van der Waals surface area contributed by atoms with Crippen molar-refractivity contribution in [3.8, 4) is 22.4 Å². The van der Waals surface area contributed by atoms with Gasteiger partial charge in [0.1, 0.15) is 11.5 Å². The molecule has 0 atom stereocenters. The van der Waals surface area contributed by atoms with Gasteiger partial charge in [-0.05, 0) is 24.6 Å². The maximum Gasteiger partial charge on any atom is 0.129 e. The van der Waals surface area contributed by atoms with Gasteiger partial charge in [0.15, 0.2) is 0 Å². The normalized spacial score (nSPS) is 10.7. The number of nitrogens with two attached hydrogens (primary N) is 1. The van der Waals surface area contributed by atoms with E-state index in [-0.39, 0.29) is 0 Å². The summed E-state index contributed by atoms with van der Waals surface area (Å²) in [6.45, 7) is 1.98. The van der Waals surface area contributed by atoms with Crippen molar-refractivity contribution in [2.45, 2.75) is 6.92 Å². The molecule has 20 heavy (non-hydrogen) atoms. The van der Waals surface area contributed by atoms with Crippen LogP contribution in [0.15, 0.2) is 48.7 Å². The lowest BCUT2D eigenvalue weighted by atomic mass is 10.0. The van der Waals surface area contributed by atoms with Crippen LogP contribution < -0.4 is 5.73 Å². The number of hydrogen-bond donors (Lipinski definition) is 1. The van der Waals surface area contributed by atoms with E-state index in [1.165, 1.54) is 0 Å². The van der Waals surface area contributed by atoms with Crippen molar-refractivity contribution < 1.29 is 0 Å². The van der Waals surface area contributed by atoms with Crippen LogP contribution >= 0.6 is 0 Å². The van der Waals surface area contributed by atoms with Crippen LogP contribution in [0.5, 0.6) is 0 Å². The summed E-state index contributed by atoms with van der Waals surface area (Å²) in [5.74, 6) is 0.662. The molecular formula is C16H16N4. The lowest BCUT2D eigenvalue weighted by molar-refractivity contribution is 0.782. The molecule has 0 aliphatic carbocycles. The Morgan fingerprint density at radius 3 is 2.50 bits per heavy atom. The number of nitrogens with zero attached hydrogens (tertiary/aromatic N) is 3. The molecule has 0 saturated heterocycles. The first kappa shape index (κ1) is 12.4. The molecule has 2 heterocycles. The molecule has 0 aliphatic heterocycles. The molecule has 0 radical (unpaired) electrons. The second-order valence-electron chi connectivity index (χ2n) is 4.73. The van der Waals surface area contributed by atoms with Crippen molar-refractivity contribution in [2.75, 3.05) is 5.73 Å². The van der Waals surface area contributed by atoms with Crippen LogP contribution in [0.25, 0.3) is 22.4 Å². The Balaban J connectivity index is 2.28. The lowest BCUT2D eigenvalue weighted by Gasteiger charge is -2.06. The number of rotatable bonds is 2. The molecule has 100 valence electrons. The van der Waals surface area contributed by atoms with Gasteiger partial charge in [0.2, 0.25) is 0 Å². The molecule has 0 bridgehead atoms. The molecule has 0 aliphatic rings. The number of pyridine rings is 1. The zero-order valence-corrected chi connectivity index (χ0v) is 11.5. The van der Waals surface area contributed by atoms with E-state index in [1.54, 1.807) is 10.9 Å². The van der Waals surface area contributed by atoms with Crippen molar-refractivity contribution in [1.29, 1.82) is 0 Å². The van der Waals surface area contributed by atoms with Gasteiger partial charge in [-0.1, -0.05) is 30.3 Å². The third-order valence-electron chi connectivity index (χ3n) is 3.42. The molecule has 4 heteroatoms. The summed E-state index contributed by atoms with van der Waals surface area (Å²) >= 11 is 0. The Labute approximate surface area is 117 Å². The highest BCUT2D eigenvalue weighted by Gasteiger charge is 2.18. The molecule has 0 fully saturated rings. The molecular weight excluding hydrogens is 248 g/mol. The molecule has 0 saturated carbocycles. The smallest absolute Gasteiger partial charge is 0.129 e. The van der Waals surface area contributed by atoms with Crippen LogP contribution in [0, 0.1) is 6.92 Å². The fourth-order valence-electron chi connectivity index (χ4n) is 2.35. The Hall–Kier alpha value is -2.62. The van der Waals surface area contributed by atoms with Gasteiger partial charge in [-0.3, -0.25) is 9.67 Å². The molecule has 4 nitrogen and oxygen atoms in total. The Kier molecular flexibility index (Phi) is 2.99. The number of hydrogen-bond acceptors (Lipinski definition) is 3. The van der Waals surface area contributed by atoms with Gasteiger partial charge in [0.25, 0.3) is 0 Å². The van der Waals surface area contributed by atoms with Crippen molar-refractivity contribution >= 4 is 5.82 Å². The van der Waals surface area contributed by atoms with Gasteiger partial charge in [-0.15, -0.1) is 0 Å².